The fourth-order valence-electron chi connectivity index (χ4n) is 2.26. The molecule has 0 fully saturated rings. The Morgan fingerprint density at radius 3 is 2.29 bits per heavy atom. The van der Waals surface area contributed by atoms with Gasteiger partial charge in [0.15, 0.2) is 5.82 Å². The molecular weight excluding hydrogens is 405 g/mol. The molecule has 3 rings (SSSR count). The number of nitrogens with zero attached hydrogens (tertiary/aromatic N) is 3. The lowest BCUT2D eigenvalue weighted by Gasteiger charge is -2.12. The minimum absolute atomic E-state index is 0.0141. The van der Waals surface area contributed by atoms with E-state index in [0.717, 1.165) is 24.3 Å². The third-order valence-electron chi connectivity index (χ3n) is 3.56. The summed E-state index contributed by atoms with van der Waals surface area (Å²) in [7, 11) is 0. The van der Waals surface area contributed by atoms with Crippen LogP contribution in [0.4, 0.5) is 22.0 Å². The Bertz CT molecular complexity index is 1080. The zero-order valence-electron chi connectivity index (χ0n) is 13.6. The van der Waals surface area contributed by atoms with Gasteiger partial charge < -0.3 is 4.74 Å². The van der Waals surface area contributed by atoms with Gasteiger partial charge in [0.25, 0.3) is 5.88 Å². The molecule has 1 aromatic carbocycles. The van der Waals surface area contributed by atoms with Gasteiger partial charge in [-0.05, 0) is 18.2 Å². The highest BCUT2D eigenvalue weighted by atomic mass is 35.5. The quantitative estimate of drug-likeness (QED) is 0.406. The second-order valence-electron chi connectivity index (χ2n) is 5.37. The average molecular weight is 412 g/mol. The molecule has 4 nitrogen and oxygen atoms in total. The van der Waals surface area contributed by atoms with E-state index in [9.17, 15) is 22.0 Å². The second-order valence-corrected chi connectivity index (χ2v) is 5.76. The van der Waals surface area contributed by atoms with E-state index in [2.05, 4.69) is 9.97 Å². The summed E-state index contributed by atoms with van der Waals surface area (Å²) in [4.78, 5) is 7.41. The van der Waals surface area contributed by atoms with Gasteiger partial charge in [-0.25, -0.2) is 14.4 Å². The number of rotatable bonds is 3. The number of hydrogen-bond donors (Lipinski definition) is 0. The summed E-state index contributed by atoms with van der Waals surface area (Å²) in [6, 6.07) is 7.26. The summed E-state index contributed by atoms with van der Waals surface area (Å²) < 4.78 is 72.2. The van der Waals surface area contributed by atoms with E-state index in [1.54, 1.807) is 0 Å². The van der Waals surface area contributed by atoms with Gasteiger partial charge in [-0.3, -0.25) is 0 Å². The van der Waals surface area contributed by atoms with Crippen LogP contribution in [-0.2, 0) is 6.18 Å². The molecule has 0 N–H and O–H groups in total. The fraction of sp³-hybridized carbons (Fsp3) is 0.0556. The van der Waals surface area contributed by atoms with Crippen LogP contribution >= 0.6 is 11.6 Å². The smallest absolute Gasteiger partial charge is 0.416 e. The Morgan fingerprint density at radius 2 is 1.71 bits per heavy atom. The molecule has 10 heteroatoms. The van der Waals surface area contributed by atoms with E-state index in [-0.39, 0.29) is 16.5 Å². The predicted molar refractivity (Wildman–Crippen MR) is 88.6 cm³/mol. The largest absolute Gasteiger partial charge is 0.436 e. The van der Waals surface area contributed by atoms with E-state index in [4.69, 9.17) is 21.6 Å². The Hall–Kier alpha value is -3.25. The summed E-state index contributed by atoms with van der Waals surface area (Å²) in [5.41, 5.74) is -2.58. The Balaban J connectivity index is 2.10. The molecule has 3 aromatic rings. The molecule has 0 aliphatic heterocycles. The van der Waals surface area contributed by atoms with Gasteiger partial charge >= 0.3 is 6.18 Å². The highest BCUT2D eigenvalue weighted by molar-refractivity contribution is 6.29. The summed E-state index contributed by atoms with van der Waals surface area (Å²) in [6.07, 6.45) is -3.32. The van der Waals surface area contributed by atoms with Crippen LogP contribution in [0, 0.1) is 23.0 Å². The summed E-state index contributed by atoms with van der Waals surface area (Å²) in [6.45, 7) is 0. The summed E-state index contributed by atoms with van der Waals surface area (Å²) in [5.74, 6) is -3.40. The number of pyridine rings is 2. The topological polar surface area (TPSA) is 58.8 Å². The molecule has 0 amide bonds. The Labute approximate surface area is 159 Å². The van der Waals surface area contributed by atoms with Crippen LogP contribution in [0.5, 0.6) is 11.6 Å². The van der Waals surface area contributed by atoms with Crippen molar-refractivity contribution < 1.29 is 26.7 Å². The molecular formula is C18H7ClF5N3O. The van der Waals surface area contributed by atoms with E-state index in [1.165, 1.54) is 24.4 Å². The summed E-state index contributed by atoms with van der Waals surface area (Å²) in [5, 5.41) is 9.09. The molecule has 2 heterocycles. The lowest BCUT2D eigenvalue weighted by Crippen LogP contribution is -2.05. The number of halogens is 6. The zero-order valence-corrected chi connectivity index (χ0v) is 14.3. The van der Waals surface area contributed by atoms with Crippen molar-refractivity contribution in [2.75, 3.05) is 0 Å². The number of nitriles is 1. The van der Waals surface area contributed by atoms with Gasteiger partial charge in [-0.2, -0.15) is 22.8 Å². The number of alkyl halides is 3. The fourth-order valence-corrected chi connectivity index (χ4v) is 2.42. The van der Waals surface area contributed by atoms with Crippen LogP contribution in [0.25, 0.3) is 11.3 Å². The van der Waals surface area contributed by atoms with Crippen LogP contribution < -0.4 is 4.74 Å². The van der Waals surface area contributed by atoms with Gasteiger partial charge in [0, 0.05) is 17.8 Å². The van der Waals surface area contributed by atoms with Crippen molar-refractivity contribution in [1.82, 2.24) is 9.97 Å². The van der Waals surface area contributed by atoms with Crippen LogP contribution in [0.3, 0.4) is 0 Å². The third-order valence-corrected chi connectivity index (χ3v) is 3.76. The lowest BCUT2D eigenvalue weighted by molar-refractivity contribution is -0.137. The molecule has 0 saturated carbocycles. The monoisotopic (exact) mass is 411 g/mol. The minimum Gasteiger partial charge on any atom is -0.436 e. The molecule has 0 spiro atoms. The van der Waals surface area contributed by atoms with Crippen LogP contribution in [0.2, 0.25) is 5.15 Å². The molecule has 0 atom stereocenters. The molecule has 0 saturated heterocycles. The van der Waals surface area contributed by atoms with Crippen molar-refractivity contribution in [1.29, 1.82) is 5.26 Å². The standard InChI is InChI=1S/C18H7ClF5N3O/c19-13-7-11(5-6-26-13)28-17-15(21)12(8-25)14(20)16(27-17)9-1-3-10(4-2-9)18(22,23)24/h1-7H. The first-order chi connectivity index (χ1) is 13.2. The molecule has 0 unspecified atom stereocenters. The maximum atomic E-state index is 14.5. The predicted octanol–water partition coefficient (Wildman–Crippen LogP) is 5.76. The normalized spacial score (nSPS) is 11.2. The van der Waals surface area contributed by atoms with Gasteiger partial charge in [0.1, 0.15) is 28.2 Å². The molecule has 2 aromatic heterocycles. The van der Waals surface area contributed by atoms with Crippen molar-refractivity contribution in [2.24, 2.45) is 0 Å². The van der Waals surface area contributed by atoms with E-state index in [1.807, 2.05) is 0 Å². The first kappa shape index (κ1) is 19.5. The Morgan fingerprint density at radius 1 is 1.04 bits per heavy atom. The van der Waals surface area contributed by atoms with Crippen molar-refractivity contribution in [3.8, 4) is 29.0 Å². The second kappa shape index (κ2) is 7.40. The minimum atomic E-state index is -4.58. The van der Waals surface area contributed by atoms with Crippen molar-refractivity contribution in [3.05, 3.63) is 70.5 Å². The number of benzene rings is 1. The molecule has 142 valence electrons. The number of hydrogen-bond acceptors (Lipinski definition) is 4. The van der Waals surface area contributed by atoms with Gasteiger partial charge in [-0.1, -0.05) is 23.7 Å². The Kier molecular flexibility index (Phi) is 5.16. The van der Waals surface area contributed by atoms with Gasteiger partial charge in [0.2, 0.25) is 5.82 Å². The maximum absolute atomic E-state index is 14.5. The zero-order chi connectivity index (χ0) is 20.5. The molecule has 0 aliphatic rings. The lowest BCUT2D eigenvalue weighted by atomic mass is 10.1. The van der Waals surface area contributed by atoms with Crippen LogP contribution in [-0.4, -0.2) is 9.97 Å². The summed E-state index contributed by atoms with van der Waals surface area (Å²) >= 11 is 5.70. The number of aromatic nitrogens is 2. The van der Waals surface area contributed by atoms with E-state index in [0.29, 0.717) is 0 Å². The number of ether oxygens (including phenoxy) is 1. The van der Waals surface area contributed by atoms with Crippen molar-refractivity contribution in [3.63, 3.8) is 0 Å². The van der Waals surface area contributed by atoms with Crippen LogP contribution in [0.15, 0.2) is 42.6 Å². The van der Waals surface area contributed by atoms with Gasteiger partial charge in [-0.15, -0.1) is 0 Å². The highest BCUT2D eigenvalue weighted by Crippen LogP contribution is 2.34. The molecule has 0 bridgehead atoms. The van der Waals surface area contributed by atoms with Crippen LogP contribution in [0.1, 0.15) is 11.1 Å². The molecule has 0 aliphatic carbocycles. The first-order valence-electron chi connectivity index (χ1n) is 7.47. The molecule has 0 radical (unpaired) electrons. The van der Waals surface area contributed by atoms with E-state index >= 15 is 0 Å². The van der Waals surface area contributed by atoms with Crippen molar-refractivity contribution >= 4 is 11.6 Å². The van der Waals surface area contributed by atoms with E-state index < -0.39 is 40.5 Å². The highest BCUT2D eigenvalue weighted by Gasteiger charge is 2.30. The maximum Gasteiger partial charge on any atom is 0.416 e. The third kappa shape index (κ3) is 3.87. The first-order valence-corrected chi connectivity index (χ1v) is 7.84. The van der Waals surface area contributed by atoms with Gasteiger partial charge in [0.05, 0.1) is 5.56 Å². The molecule has 28 heavy (non-hydrogen) atoms. The SMILES string of the molecule is N#Cc1c(F)c(Oc2ccnc(Cl)c2)nc(-c2ccc(C(F)(F)F)cc2)c1F. The van der Waals surface area contributed by atoms with Crippen molar-refractivity contribution in [2.45, 2.75) is 6.18 Å². The average Bonchev–Trinajstić information content (AvgIpc) is 2.64.